The summed E-state index contributed by atoms with van der Waals surface area (Å²) >= 11 is 1.59. The number of nitrogens with zero attached hydrogens (tertiary/aromatic N) is 1. The van der Waals surface area contributed by atoms with E-state index in [1.165, 1.54) is 12.1 Å². The summed E-state index contributed by atoms with van der Waals surface area (Å²) in [5.74, 6) is -0.298. The second kappa shape index (κ2) is 7.32. The van der Waals surface area contributed by atoms with Gasteiger partial charge in [0, 0.05) is 17.3 Å². The molecule has 1 aromatic carbocycles. The lowest BCUT2D eigenvalue weighted by Crippen LogP contribution is -2.65. The van der Waals surface area contributed by atoms with Crippen LogP contribution in [0, 0.1) is 11.7 Å². The van der Waals surface area contributed by atoms with Crippen LogP contribution in [0.15, 0.2) is 41.8 Å². The first-order valence-corrected chi connectivity index (χ1v) is 10.7. The molecular formula is C22H25FN2O2S. The van der Waals surface area contributed by atoms with E-state index in [1.54, 1.807) is 28.4 Å². The Morgan fingerprint density at radius 1 is 1.32 bits per heavy atom. The molecule has 1 saturated heterocycles. The normalized spacial score (nSPS) is 29.5. The molecule has 28 heavy (non-hydrogen) atoms. The predicted molar refractivity (Wildman–Crippen MR) is 107 cm³/mol. The summed E-state index contributed by atoms with van der Waals surface area (Å²) in [5, 5.41) is 5.15. The van der Waals surface area contributed by atoms with Crippen LogP contribution in [-0.4, -0.2) is 29.3 Å². The number of carbonyl (C=O) groups excluding carboxylic acids is 2. The highest BCUT2D eigenvalue weighted by molar-refractivity contribution is 7.10. The Kier molecular flexibility index (Phi) is 5.00. The summed E-state index contributed by atoms with van der Waals surface area (Å²) in [4.78, 5) is 29.1. The van der Waals surface area contributed by atoms with Gasteiger partial charge in [0.15, 0.2) is 0 Å². The molecule has 4 atom stereocenters. The van der Waals surface area contributed by atoms with Gasteiger partial charge >= 0.3 is 0 Å². The van der Waals surface area contributed by atoms with Gasteiger partial charge < -0.3 is 10.2 Å². The number of nitrogens with one attached hydrogen (secondary N) is 1. The SMILES string of the molecule is CCC[C@H]1C(=O)NC(C)(c2cccs2)CN1C(=O)[C@@H]1C[C@H]1c1ccc(F)cc1. The number of hydrogen-bond donors (Lipinski definition) is 1. The zero-order valence-electron chi connectivity index (χ0n) is 16.2. The molecule has 2 aromatic rings. The maximum Gasteiger partial charge on any atom is 0.243 e. The molecule has 4 nitrogen and oxygen atoms in total. The Hall–Kier alpha value is -2.21. The van der Waals surface area contributed by atoms with E-state index in [1.807, 2.05) is 31.4 Å². The summed E-state index contributed by atoms with van der Waals surface area (Å²) in [6.45, 7) is 4.50. The minimum absolute atomic E-state index is 0.0467. The van der Waals surface area contributed by atoms with E-state index in [2.05, 4.69) is 5.32 Å². The zero-order chi connectivity index (χ0) is 19.9. The van der Waals surface area contributed by atoms with Crippen molar-refractivity contribution in [3.8, 4) is 0 Å². The second-order valence-electron chi connectivity index (χ2n) is 8.07. The fourth-order valence-corrected chi connectivity index (χ4v) is 5.11. The first-order chi connectivity index (χ1) is 13.4. The first-order valence-electron chi connectivity index (χ1n) is 9.85. The summed E-state index contributed by atoms with van der Waals surface area (Å²) in [5.41, 5.74) is 0.431. The van der Waals surface area contributed by atoms with Gasteiger partial charge in [-0.15, -0.1) is 11.3 Å². The van der Waals surface area contributed by atoms with E-state index in [0.717, 1.165) is 23.3 Å². The molecule has 1 aromatic heterocycles. The molecule has 1 saturated carbocycles. The number of thiophene rings is 1. The number of carbonyl (C=O) groups is 2. The Balaban J connectivity index is 1.56. The van der Waals surface area contributed by atoms with Crippen molar-refractivity contribution >= 4 is 23.2 Å². The molecule has 4 rings (SSSR count). The van der Waals surface area contributed by atoms with Crippen molar-refractivity contribution in [3.05, 3.63) is 58.0 Å². The number of rotatable bonds is 5. The molecule has 1 N–H and O–H groups in total. The van der Waals surface area contributed by atoms with E-state index >= 15 is 0 Å². The summed E-state index contributed by atoms with van der Waals surface area (Å²) in [6, 6.07) is 9.96. The minimum Gasteiger partial charge on any atom is -0.342 e. The maximum atomic E-state index is 13.4. The van der Waals surface area contributed by atoms with Crippen LogP contribution in [0.4, 0.5) is 4.39 Å². The highest BCUT2D eigenvalue weighted by atomic mass is 32.1. The smallest absolute Gasteiger partial charge is 0.243 e. The third kappa shape index (κ3) is 3.46. The van der Waals surface area contributed by atoms with Crippen LogP contribution in [0.25, 0.3) is 0 Å². The van der Waals surface area contributed by atoms with Crippen LogP contribution in [-0.2, 0) is 15.1 Å². The number of hydrogen-bond acceptors (Lipinski definition) is 3. The van der Waals surface area contributed by atoms with Gasteiger partial charge in [-0.3, -0.25) is 9.59 Å². The van der Waals surface area contributed by atoms with Gasteiger partial charge in [0.05, 0.1) is 5.54 Å². The number of piperazine rings is 1. The van der Waals surface area contributed by atoms with Gasteiger partial charge in [0.2, 0.25) is 11.8 Å². The van der Waals surface area contributed by atoms with Crippen molar-refractivity contribution < 1.29 is 14.0 Å². The van der Waals surface area contributed by atoms with E-state index in [4.69, 9.17) is 0 Å². The summed E-state index contributed by atoms with van der Waals surface area (Å²) in [7, 11) is 0. The van der Waals surface area contributed by atoms with Crippen LogP contribution < -0.4 is 5.32 Å². The molecule has 1 unspecified atom stereocenters. The van der Waals surface area contributed by atoms with E-state index in [9.17, 15) is 14.0 Å². The maximum absolute atomic E-state index is 13.4. The largest absolute Gasteiger partial charge is 0.342 e. The third-order valence-electron chi connectivity index (χ3n) is 5.88. The fraction of sp³-hybridized carbons (Fsp3) is 0.455. The highest BCUT2D eigenvalue weighted by Gasteiger charge is 2.51. The minimum atomic E-state index is -0.564. The zero-order valence-corrected chi connectivity index (χ0v) is 17.0. The van der Waals surface area contributed by atoms with Crippen molar-refractivity contribution in [2.75, 3.05) is 6.54 Å². The average Bonchev–Trinajstić information content (AvgIpc) is 3.26. The Bertz CT molecular complexity index is 867. The van der Waals surface area contributed by atoms with Crippen molar-refractivity contribution in [1.29, 1.82) is 0 Å². The Morgan fingerprint density at radius 3 is 2.71 bits per heavy atom. The van der Waals surface area contributed by atoms with Gasteiger partial charge in [-0.25, -0.2) is 4.39 Å². The molecule has 148 valence electrons. The number of amides is 2. The van der Waals surface area contributed by atoms with Crippen LogP contribution in [0.2, 0.25) is 0 Å². The third-order valence-corrected chi connectivity index (χ3v) is 7.01. The van der Waals surface area contributed by atoms with Crippen LogP contribution in [0.1, 0.15) is 49.5 Å². The van der Waals surface area contributed by atoms with Crippen molar-refractivity contribution in [2.45, 2.75) is 50.6 Å². The monoisotopic (exact) mass is 400 g/mol. The Labute approximate surface area is 168 Å². The van der Waals surface area contributed by atoms with Crippen molar-refractivity contribution in [1.82, 2.24) is 10.2 Å². The standard InChI is InChI=1S/C22H25FN2O2S/c1-3-5-18-20(26)24-22(2,19-6-4-11-28-19)13-25(18)21(27)17-12-16(17)14-7-9-15(23)10-8-14/h4,6-11,16-18H,3,5,12-13H2,1-2H3,(H,24,26)/t16-,17+,18-,22?/m0/s1. The lowest BCUT2D eigenvalue weighted by molar-refractivity contribution is -0.148. The quantitative estimate of drug-likeness (QED) is 0.824. The summed E-state index contributed by atoms with van der Waals surface area (Å²) < 4.78 is 13.2. The fourth-order valence-electron chi connectivity index (χ4n) is 4.27. The molecule has 2 aliphatic rings. The molecule has 0 spiro atoms. The molecule has 0 bridgehead atoms. The highest BCUT2D eigenvalue weighted by Crippen LogP contribution is 2.49. The average molecular weight is 401 g/mol. The molecule has 1 aliphatic carbocycles. The number of benzene rings is 1. The van der Waals surface area contributed by atoms with Gasteiger partial charge in [-0.1, -0.05) is 31.5 Å². The summed E-state index contributed by atoms with van der Waals surface area (Å²) in [6.07, 6.45) is 2.26. The van der Waals surface area contributed by atoms with E-state index in [-0.39, 0.29) is 29.5 Å². The molecule has 2 fully saturated rings. The topological polar surface area (TPSA) is 49.4 Å². The van der Waals surface area contributed by atoms with Gasteiger partial charge in [0.25, 0.3) is 0 Å². The molecule has 2 amide bonds. The molecule has 2 heterocycles. The van der Waals surface area contributed by atoms with Crippen molar-refractivity contribution in [3.63, 3.8) is 0 Å². The van der Waals surface area contributed by atoms with Gasteiger partial charge in [0.1, 0.15) is 11.9 Å². The second-order valence-corrected chi connectivity index (χ2v) is 9.02. The molecule has 6 heteroatoms. The lowest BCUT2D eigenvalue weighted by Gasteiger charge is -2.45. The van der Waals surface area contributed by atoms with Crippen LogP contribution >= 0.6 is 11.3 Å². The first kappa shape index (κ1) is 19.1. The lowest BCUT2D eigenvalue weighted by atomic mass is 9.92. The van der Waals surface area contributed by atoms with Gasteiger partial charge in [-0.05, 0) is 54.8 Å². The Morgan fingerprint density at radius 2 is 2.07 bits per heavy atom. The van der Waals surface area contributed by atoms with Crippen LogP contribution in [0.3, 0.4) is 0 Å². The molecule has 1 aliphatic heterocycles. The van der Waals surface area contributed by atoms with E-state index < -0.39 is 11.6 Å². The van der Waals surface area contributed by atoms with Crippen molar-refractivity contribution in [2.24, 2.45) is 5.92 Å². The van der Waals surface area contributed by atoms with E-state index in [0.29, 0.717) is 13.0 Å². The predicted octanol–water partition coefficient (Wildman–Crippen LogP) is 4.03. The number of halogens is 1. The van der Waals surface area contributed by atoms with Crippen LogP contribution in [0.5, 0.6) is 0 Å². The molecular weight excluding hydrogens is 375 g/mol. The molecule has 0 radical (unpaired) electrons. The van der Waals surface area contributed by atoms with Gasteiger partial charge in [-0.2, -0.15) is 0 Å².